The second-order valence-electron chi connectivity index (χ2n) is 7.87. The third-order valence-corrected chi connectivity index (χ3v) is 7.20. The van der Waals surface area contributed by atoms with Crippen LogP contribution >= 0.6 is 0 Å². The number of nitrogens with one attached hydrogen (secondary N) is 1. The quantitative estimate of drug-likeness (QED) is 0.722. The molecule has 1 spiro atoms. The summed E-state index contributed by atoms with van der Waals surface area (Å²) in [5, 5.41) is 9.25. The summed E-state index contributed by atoms with van der Waals surface area (Å²) >= 11 is 0. The van der Waals surface area contributed by atoms with Crippen LogP contribution in [0.2, 0.25) is 0 Å². The standard InChI is InChI=1S/C22H24N2O5S/c1-16-6-8-17(9-7-16)30(27,28)29-23-20-10-11-22(19-5-3-2-4-18(19)20)12-14-24(15-13-22)21(25)26/h2-10,23H,11-15H2,1H3,(H,25,26). The van der Waals surface area contributed by atoms with Crippen molar-refractivity contribution in [2.75, 3.05) is 13.1 Å². The van der Waals surface area contributed by atoms with Crippen LogP contribution < -0.4 is 5.48 Å². The minimum Gasteiger partial charge on any atom is -0.465 e. The number of carbonyl (C=O) groups is 1. The SMILES string of the molecule is Cc1ccc(S(=O)(=O)ONC2=CCC3(CCN(C(=O)O)CC3)c3ccccc32)cc1. The predicted molar refractivity (Wildman–Crippen MR) is 112 cm³/mol. The van der Waals surface area contributed by atoms with E-state index >= 15 is 0 Å². The first-order valence-electron chi connectivity index (χ1n) is 9.85. The molecule has 2 aromatic rings. The van der Waals surface area contributed by atoms with Crippen LogP contribution in [0.15, 0.2) is 59.5 Å². The van der Waals surface area contributed by atoms with Gasteiger partial charge in [-0.05, 0) is 43.9 Å². The first kappa shape index (κ1) is 20.4. The molecule has 1 amide bonds. The Morgan fingerprint density at radius 2 is 1.77 bits per heavy atom. The molecule has 1 saturated heterocycles. The van der Waals surface area contributed by atoms with Crippen LogP contribution in [0.1, 0.15) is 36.0 Å². The van der Waals surface area contributed by atoms with Crippen molar-refractivity contribution in [2.45, 2.75) is 36.5 Å². The zero-order valence-corrected chi connectivity index (χ0v) is 17.5. The Bertz CT molecular complexity index is 1080. The molecule has 8 heteroatoms. The molecule has 4 rings (SSSR count). The predicted octanol–water partition coefficient (Wildman–Crippen LogP) is 3.66. The van der Waals surface area contributed by atoms with E-state index in [9.17, 15) is 18.3 Å². The van der Waals surface area contributed by atoms with Crippen molar-refractivity contribution in [2.24, 2.45) is 0 Å². The number of nitrogens with zero attached hydrogens (tertiary/aromatic N) is 1. The van der Waals surface area contributed by atoms with Gasteiger partial charge in [0.1, 0.15) is 0 Å². The summed E-state index contributed by atoms with van der Waals surface area (Å²) in [6.07, 6.45) is 3.20. The molecule has 1 aliphatic heterocycles. The minimum absolute atomic E-state index is 0.0859. The van der Waals surface area contributed by atoms with Gasteiger partial charge in [0.2, 0.25) is 0 Å². The highest BCUT2D eigenvalue weighted by Gasteiger charge is 2.40. The van der Waals surface area contributed by atoms with Gasteiger partial charge in [-0.3, -0.25) is 0 Å². The van der Waals surface area contributed by atoms with Gasteiger partial charge in [-0.25, -0.2) is 10.3 Å². The van der Waals surface area contributed by atoms with Crippen LogP contribution in [-0.2, 0) is 19.8 Å². The number of likely N-dealkylation sites (tertiary alicyclic amines) is 1. The van der Waals surface area contributed by atoms with Crippen LogP contribution in [0.25, 0.3) is 5.70 Å². The van der Waals surface area contributed by atoms with E-state index in [4.69, 9.17) is 4.28 Å². The lowest BCUT2D eigenvalue weighted by Crippen LogP contribution is -2.45. The Labute approximate surface area is 176 Å². The molecular weight excluding hydrogens is 404 g/mol. The summed E-state index contributed by atoms with van der Waals surface area (Å²) in [6.45, 7) is 2.85. The van der Waals surface area contributed by atoms with Crippen molar-refractivity contribution >= 4 is 21.9 Å². The van der Waals surface area contributed by atoms with Gasteiger partial charge in [0.25, 0.3) is 0 Å². The number of benzene rings is 2. The van der Waals surface area contributed by atoms with E-state index in [-0.39, 0.29) is 10.3 Å². The van der Waals surface area contributed by atoms with E-state index in [0.29, 0.717) is 25.2 Å². The number of rotatable bonds is 4. The molecule has 2 aromatic carbocycles. The molecular formula is C22H24N2O5S. The molecule has 2 aliphatic rings. The zero-order valence-electron chi connectivity index (χ0n) is 16.7. The molecule has 2 N–H and O–H groups in total. The summed E-state index contributed by atoms with van der Waals surface area (Å²) in [4.78, 5) is 12.8. The van der Waals surface area contributed by atoms with Gasteiger partial charge in [0.05, 0.1) is 10.6 Å². The third-order valence-electron chi connectivity index (χ3n) is 6.05. The van der Waals surface area contributed by atoms with Crippen molar-refractivity contribution in [3.8, 4) is 0 Å². The molecule has 1 heterocycles. The smallest absolute Gasteiger partial charge is 0.407 e. The van der Waals surface area contributed by atoms with Crippen LogP contribution in [-0.4, -0.2) is 37.6 Å². The maximum atomic E-state index is 12.5. The third kappa shape index (κ3) is 3.80. The Hall–Kier alpha value is -2.84. The highest BCUT2D eigenvalue weighted by Crippen LogP contribution is 2.45. The summed E-state index contributed by atoms with van der Waals surface area (Å²) < 4.78 is 30.2. The monoisotopic (exact) mass is 428 g/mol. The van der Waals surface area contributed by atoms with Crippen molar-refractivity contribution in [3.05, 3.63) is 71.3 Å². The van der Waals surface area contributed by atoms with E-state index in [2.05, 4.69) is 5.48 Å². The number of allylic oxidation sites excluding steroid dienone is 1. The lowest BCUT2D eigenvalue weighted by molar-refractivity contribution is 0.116. The summed E-state index contributed by atoms with van der Waals surface area (Å²) in [5.74, 6) is 0. The molecule has 158 valence electrons. The van der Waals surface area contributed by atoms with E-state index in [1.165, 1.54) is 17.0 Å². The fourth-order valence-electron chi connectivity index (χ4n) is 4.25. The largest absolute Gasteiger partial charge is 0.465 e. The van der Waals surface area contributed by atoms with Crippen molar-refractivity contribution in [3.63, 3.8) is 0 Å². The lowest BCUT2D eigenvalue weighted by atomic mass is 9.66. The van der Waals surface area contributed by atoms with Gasteiger partial charge >= 0.3 is 16.2 Å². The Kier molecular flexibility index (Phi) is 5.29. The van der Waals surface area contributed by atoms with E-state index in [0.717, 1.165) is 29.5 Å². The van der Waals surface area contributed by atoms with Gasteiger partial charge in [-0.1, -0.05) is 48.0 Å². The number of hydrogen-bond acceptors (Lipinski definition) is 5. The fraction of sp³-hybridized carbons (Fsp3) is 0.318. The Morgan fingerprint density at radius 1 is 1.10 bits per heavy atom. The highest BCUT2D eigenvalue weighted by molar-refractivity contribution is 7.86. The van der Waals surface area contributed by atoms with Crippen LogP contribution in [0, 0.1) is 6.92 Å². The second kappa shape index (κ2) is 7.77. The maximum absolute atomic E-state index is 12.5. The van der Waals surface area contributed by atoms with Gasteiger partial charge in [-0.15, -0.1) is 4.28 Å². The van der Waals surface area contributed by atoms with Crippen LogP contribution in [0.3, 0.4) is 0 Å². The Balaban J connectivity index is 1.54. The normalized spacial score (nSPS) is 17.9. The van der Waals surface area contributed by atoms with Crippen molar-refractivity contribution < 1.29 is 22.6 Å². The number of hydrogen-bond donors (Lipinski definition) is 2. The molecule has 1 fully saturated rings. The number of piperidine rings is 1. The van der Waals surface area contributed by atoms with Gasteiger partial charge in [0, 0.05) is 24.1 Å². The number of amides is 1. The van der Waals surface area contributed by atoms with E-state index in [1.807, 2.05) is 37.3 Å². The molecule has 0 atom stereocenters. The molecule has 0 radical (unpaired) electrons. The molecule has 0 aromatic heterocycles. The molecule has 1 aliphatic carbocycles. The fourth-order valence-corrected chi connectivity index (χ4v) is 5.01. The summed E-state index contributed by atoms with van der Waals surface area (Å²) in [6, 6.07) is 14.3. The van der Waals surface area contributed by atoms with E-state index < -0.39 is 16.2 Å². The van der Waals surface area contributed by atoms with Crippen LogP contribution in [0.4, 0.5) is 4.79 Å². The Morgan fingerprint density at radius 3 is 2.43 bits per heavy atom. The van der Waals surface area contributed by atoms with Crippen molar-refractivity contribution in [1.29, 1.82) is 0 Å². The van der Waals surface area contributed by atoms with E-state index in [1.54, 1.807) is 12.1 Å². The summed E-state index contributed by atoms with van der Waals surface area (Å²) in [7, 11) is -3.95. The highest BCUT2D eigenvalue weighted by atomic mass is 32.2. The number of carboxylic acid groups (broad SMARTS) is 1. The molecule has 7 nitrogen and oxygen atoms in total. The topological polar surface area (TPSA) is 95.9 Å². The molecule has 0 unspecified atom stereocenters. The summed E-state index contributed by atoms with van der Waals surface area (Å²) in [5.41, 5.74) is 6.04. The lowest BCUT2D eigenvalue weighted by Gasteiger charge is -2.44. The number of fused-ring (bicyclic) bond motifs is 2. The van der Waals surface area contributed by atoms with Gasteiger partial charge in [-0.2, -0.15) is 8.42 Å². The zero-order chi connectivity index (χ0) is 21.4. The first-order chi connectivity index (χ1) is 14.3. The first-order valence-corrected chi connectivity index (χ1v) is 11.3. The van der Waals surface area contributed by atoms with Gasteiger partial charge < -0.3 is 10.0 Å². The second-order valence-corrected chi connectivity index (χ2v) is 9.42. The average molecular weight is 429 g/mol. The number of aryl methyl sites for hydroxylation is 1. The van der Waals surface area contributed by atoms with Gasteiger partial charge in [0.15, 0.2) is 0 Å². The van der Waals surface area contributed by atoms with Crippen molar-refractivity contribution in [1.82, 2.24) is 10.4 Å². The van der Waals surface area contributed by atoms with Crippen LogP contribution in [0.5, 0.6) is 0 Å². The molecule has 0 bridgehead atoms. The molecule has 0 saturated carbocycles. The maximum Gasteiger partial charge on any atom is 0.407 e. The number of hydroxylamine groups is 1. The molecule has 30 heavy (non-hydrogen) atoms. The average Bonchev–Trinajstić information content (AvgIpc) is 2.74. The minimum atomic E-state index is -3.95.